The molecule has 0 spiro atoms. The lowest BCUT2D eigenvalue weighted by Gasteiger charge is -2.15. The predicted molar refractivity (Wildman–Crippen MR) is 110 cm³/mol. The SMILES string of the molecule is CCOc1ccc(C(=O)NCC(=O)NC(C)c2ccc3c(c2)OCO3)cc1OCC. The number of hydrogen-bond donors (Lipinski definition) is 2. The van der Waals surface area contributed by atoms with Crippen LogP contribution in [0.25, 0.3) is 0 Å². The van der Waals surface area contributed by atoms with E-state index in [2.05, 4.69) is 10.6 Å². The monoisotopic (exact) mass is 414 g/mol. The van der Waals surface area contributed by atoms with Crippen LogP contribution in [0.4, 0.5) is 0 Å². The van der Waals surface area contributed by atoms with Crippen molar-refractivity contribution >= 4 is 11.8 Å². The lowest BCUT2D eigenvalue weighted by atomic mass is 10.1. The second-order valence-electron chi connectivity index (χ2n) is 6.61. The van der Waals surface area contributed by atoms with E-state index in [1.807, 2.05) is 39.0 Å². The van der Waals surface area contributed by atoms with E-state index in [1.165, 1.54) is 0 Å². The molecule has 0 aromatic heterocycles. The molecular weight excluding hydrogens is 388 g/mol. The van der Waals surface area contributed by atoms with E-state index in [1.54, 1.807) is 18.2 Å². The summed E-state index contributed by atoms with van der Waals surface area (Å²) in [6.07, 6.45) is 0. The van der Waals surface area contributed by atoms with Gasteiger partial charge >= 0.3 is 0 Å². The lowest BCUT2D eigenvalue weighted by Crippen LogP contribution is -2.38. The normalized spacial score (nSPS) is 12.8. The Morgan fingerprint density at radius 1 is 1.00 bits per heavy atom. The molecule has 8 nitrogen and oxygen atoms in total. The van der Waals surface area contributed by atoms with Gasteiger partial charge in [-0.1, -0.05) is 6.07 Å². The number of fused-ring (bicyclic) bond motifs is 1. The minimum absolute atomic E-state index is 0.148. The second-order valence-corrected chi connectivity index (χ2v) is 6.61. The van der Waals surface area contributed by atoms with E-state index in [9.17, 15) is 9.59 Å². The number of benzene rings is 2. The van der Waals surface area contributed by atoms with Gasteiger partial charge in [0.15, 0.2) is 23.0 Å². The highest BCUT2D eigenvalue weighted by Crippen LogP contribution is 2.34. The highest BCUT2D eigenvalue weighted by atomic mass is 16.7. The summed E-state index contributed by atoms with van der Waals surface area (Å²) < 4.78 is 21.7. The first-order valence-corrected chi connectivity index (χ1v) is 9.88. The molecule has 30 heavy (non-hydrogen) atoms. The van der Waals surface area contributed by atoms with E-state index in [-0.39, 0.29) is 31.2 Å². The molecular formula is C22H26N2O6. The molecule has 1 heterocycles. The third-order valence-electron chi connectivity index (χ3n) is 4.49. The fourth-order valence-electron chi connectivity index (χ4n) is 3.01. The van der Waals surface area contributed by atoms with Crippen LogP contribution in [0.15, 0.2) is 36.4 Å². The van der Waals surface area contributed by atoms with E-state index >= 15 is 0 Å². The van der Waals surface area contributed by atoms with E-state index in [0.29, 0.717) is 41.8 Å². The highest BCUT2D eigenvalue weighted by molar-refractivity contribution is 5.97. The molecule has 0 bridgehead atoms. The minimum Gasteiger partial charge on any atom is -0.490 e. The Kier molecular flexibility index (Phi) is 7.00. The molecule has 2 aromatic carbocycles. The van der Waals surface area contributed by atoms with Gasteiger partial charge in [0.05, 0.1) is 25.8 Å². The summed E-state index contributed by atoms with van der Waals surface area (Å²) in [6.45, 7) is 6.58. The van der Waals surface area contributed by atoms with Crippen molar-refractivity contribution in [3.05, 3.63) is 47.5 Å². The number of ether oxygens (including phenoxy) is 4. The van der Waals surface area contributed by atoms with Crippen LogP contribution in [0.1, 0.15) is 42.7 Å². The summed E-state index contributed by atoms with van der Waals surface area (Å²) in [4.78, 5) is 24.7. The highest BCUT2D eigenvalue weighted by Gasteiger charge is 2.17. The quantitative estimate of drug-likeness (QED) is 0.655. The standard InChI is InChI=1S/C22H26N2O6/c1-4-27-17-9-7-16(11-19(17)28-5-2)22(26)23-12-21(25)24-14(3)15-6-8-18-20(10-15)30-13-29-18/h6-11,14H,4-5,12-13H2,1-3H3,(H,23,26)(H,24,25). The molecule has 1 unspecified atom stereocenters. The third kappa shape index (κ3) is 5.14. The van der Waals surface area contributed by atoms with Crippen LogP contribution in [0.5, 0.6) is 23.0 Å². The van der Waals surface area contributed by atoms with Crippen LogP contribution in [-0.2, 0) is 4.79 Å². The fourth-order valence-corrected chi connectivity index (χ4v) is 3.01. The van der Waals surface area contributed by atoms with E-state index < -0.39 is 0 Å². The van der Waals surface area contributed by atoms with Gasteiger partial charge in [-0.15, -0.1) is 0 Å². The summed E-state index contributed by atoms with van der Waals surface area (Å²) in [7, 11) is 0. The van der Waals surface area contributed by atoms with Crippen LogP contribution in [0.2, 0.25) is 0 Å². The van der Waals surface area contributed by atoms with Crippen molar-refractivity contribution in [1.29, 1.82) is 0 Å². The molecule has 0 saturated carbocycles. The maximum Gasteiger partial charge on any atom is 0.251 e. The van der Waals surface area contributed by atoms with Crippen molar-refractivity contribution in [3.8, 4) is 23.0 Å². The van der Waals surface area contributed by atoms with Gasteiger partial charge in [0.1, 0.15) is 0 Å². The number of nitrogens with one attached hydrogen (secondary N) is 2. The van der Waals surface area contributed by atoms with E-state index in [4.69, 9.17) is 18.9 Å². The predicted octanol–water partition coefficient (Wildman–Crippen LogP) is 2.82. The van der Waals surface area contributed by atoms with Crippen LogP contribution in [0, 0.1) is 0 Å². The average molecular weight is 414 g/mol. The van der Waals surface area contributed by atoms with Crippen molar-refractivity contribution < 1.29 is 28.5 Å². The van der Waals surface area contributed by atoms with Crippen molar-refractivity contribution in [2.45, 2.75) is 26.8 Å². The second kappa shape index (κ2) is 9.87. The molecule has 0 saturated heterocycles. The smallest absolute Gasteiger partial charge is 0.251 e. The van der Waals surface area contributed by atoms with Crippen molar-refractivity contribution in [2.24, 2.45) is 0 Å². The van der Waals surface area contributed by atoms with Gasteiger partial charge in [0.25, 0.3) is 5.91 Å². The Morgan fingerprint density at radius 2 is 1.73 bits per heavy atom. The number of carbonyl (C=O) groups is 2. The third-order valence-corrected chi connectivity index (χ3v) is 4.49. The van der Waals surface area contributed by atoms with Gasteiger partial charge < -0.3 is 29.6 Å². The molecule has 1 atom stereocenters. The van der Waals surface area contributed by atoms with Gasteiger partial charge in [-0.05, 0) is 56.7 Å². The number of carbonyl (C=O) groups excluding carboxylic acids is 2. The molecule has 3 rings (SSSR count). The first kappa shape index (κ1) is 21.3. The molecule has 8 heteroatoms. The molecule has 0 radical (unpaired) electrons. The topological polar surface area (TPSA) is 95.1 Å². The summed E-state index contributed by atoms with van der Waals surface area (Å²) in [6, 6.07) is 10.2. The summed E-state index contributed by atoms with van der Waals surface area (Å²) >= 11 is 0. The summed E-state index contributed by atoms with van der Waals surface area (Å²) in [5, 5.41) is 5.48. The van der Waals surface area contributed by atoms with Gasteiger partial charge in [-0.3, -0.25) is 9.59 Å². The Balaban J connectivity index is 1.55. The zero-order chi connectivity index (χ0) is 21.5. The number of hydrogen-bond acceptors (Lipinski definition) is 6. The maximum atomic E-state index is 12.4. The van der Waals surface area contributed by atoms with Crippen LogP contribution >= 0.6 is 0 Å². The summed E-state index contributed by atoms with van der Waals surface area (Å²) in [5.74, 6) is 1.74. The molecule has 0 aliphatic carbocycles. The molecule has 160 valence electrons. The molecule has 0 fully saturated rings. The molecule has 2 amide bonds. The Labute approximate surface area is 175 Å². The van der Waals surface area contributed by atoms with Gasteiger partial charge in [0.2, 0.25) is 12.7 Å². The number of rotatable bonds is 9. The maximum absolute atomic E-state index is 12.4. The zero-order valence-electron chi connectivity index (χ0n) is 17.3. The van der Waals surface area contributed by atoms with Gasteiger partial charge in [0, 0.05) is 5.56 Å². The molecule has 2 N–H and O–H groups in total. The van der Waals surface area contributed by atoms with Crippen LogP contribution in [0.3, 0.4) is 0 Å². The largest absolute Gasteiger partial charge is 0.490 e. The van der Waals surface area contributed by atoms with Gasteiger partial charge in [-0.2, -0.15) is 0 Å². The Bertz CT molecular complexity index is 914. The van der Waals surface area contributed by atoms with Crippen molar-refractivity contribution in [3.63, 3.8) is 0 Å². The van der Waals surface area contributed by atoms with Crippen LogP contribution < -0.4 is 29.6 Å². The number of amides is 2. The van der Waals surface area contributed by atoms with Crippen molar-refractivity contribution in [2.75, 3.05) is 26.6 Å². The molecule has 2 aromatic rings. The fraction of sp³-hybridized carbons (Fsp3) is 0.364. The average Bonchev–Trinajstić information content (AvgIpc) is 3.21. The van der Waals surface area contributed by atoms with E-state index in [0.717, 1.165) is 5.56 Å². The van der Waals surface area contributed by atoms with Gasteiger partial charge in [-0.25, -0.2) is 0 Å². The van der Waals surface area contributed by atoms with Crippen LogP contribution in [-0.4, -0.2) is 38.4 Å². The first-order chi connectivity index (χ1) is 14.5. The Morgan fingerprint density at radius 3 is 2.50 bits per heavy atom. The molecule has 1 aliphatic heterocycles. The Hall–Kier alpha value is -3.42. The summed E-state index contributed by atoms with van der Waals surface area (Å²) in [5.41, 5.74) is 1.27. The first-order valence-electron chi connectivity index (χ1n) is 9.88. The lowest BCUT2D eigenvalue weighted by molar-refractivity contribution is -0.120. The minimum atomic E-state index is -0.370. The molecule has 1 aliphatic rings. The zero-order valence-corrected chi connectivity index (χ0v) is 17.3. The van der Waals surface area contributed by atoms with Crippen molar-refractivity contribution in [1.82, 2.24) is 10.6 Å².